The van der Waals surface area contributed by atoms with E-state index in [1.807, 2.05) is 26.8 Å². The summed E-state index contributed by atoms with van der Waals surface area (Å²) >= 11 is 6.06. The van der Waals surface area contributed by atoms with Gasteiger partial charge in [0.15, 0.2) is 11.5 Å². The van der Waals surface area contributed by atoms with Crippen LogP contribution in [0.5, 0.6) is 11.5 Å². The van der Waals surface area contributed by atoms with Crippen molar-refractivity contribution in [1.29, 1.82) is 0 Å². The molecule has 1 aromatic carbocycles. The number of rotatable bonds is 6. The third-order valence-corrected chi connectivity index (χ3v) is 2.82. The monoisotopic (exact) mass is 270 g/mol. The van der Waals surface area contributed by atoms with Crippen LogP contribution in [0.3, 0.4) is 0 Å². The number of hydrogen-bond acceptors (Lipinski definition) is 3. The Hall–Kier alpha value is -1.22. The number of hydrogen-bond donors (Lipinski definition) is 0. The molecule has 0 aliphatic heterocycles. The fourth-order valence-corrected chi connectivity index (χ4v) is 1.96. The summed E-state index contributed by atoms with van der Waals surface area (Å²) in [5.41, 5.74) is 0.903. The van der Waals surface area contributed by atoms with Gasteiger partial charge in [0.25, 0.3) is 0 Å². The summed E-state index contributed by atoms with van der Waals surface area (Å²) in [6.45, 7) is 5.86. The molecule has 0 aromatic heterocycles. The molecule has 0 N–H and O–H groups in total. The molecule has 0 saturated carbocycles. The molecule has 0 heterocycles. The second-order valence-corrected chi connectivity index (χ2v) is 4.93. The maximum absolute atomic E-state index is 10.7. The summed E-state index contributed by atoms with van der Waals surface area (Å²) in [4.78, 5) is 10.7. The van der Waals surface area contributed by atoms with Crippen molar-refractivity contribution in [2.24, 2.45) is 0 Å². The van der Waals surface area contributed by atoms with Gasteiger partial charge in [-0.1, -0.05) is 18.5 Å². The predicted octanol–water partition coefficient (Wildman–Crippen LogP) is 3.83. The van der Waals surface area contributed by atoms with Crippen molar-refractivity contribution in [3.05, 3.63) is 22.7 Å². The van der Waals surface area contributed by atoms with Gasteiger partial charge in [-0.2, -0.15) is 0 Å². The fourth-order valence-electron chi connectivity index (χ4n) is 1.74. The number of benzene rings is 1. The van der Waals surface area contributed by atoms with Gasteiger partial charge in [-0.15, -0.1) is 0 Å². The minimum Gasteiger partial charge on any atom is -0.493 e. The van der Waals surface area contributed by atoms with E-state index in [0.717, 1.165) is 11.8 Å². The molecule has 0 radical (unpaired) electrons. The van der Waals surface area contributed by atoms with E-state index in [9.17, 15) is 4.79 Å². The molecule has 1 atom stereocenters. The standard InChI is InChI=1S/C14H19ClO3/c1-9(2)18-14-12(10(3)5-6-16)7-11(15)8-13(14)17-4/h6-10H,5H2,1-4H3. The second-order valence-electron chi connectivity index (χ2n) is 4.50. The zero-order valence-corrected chi connectivity index (χ0v) is 12.0. The first-order chi connectivity index (χ1) is 8.49. The normalized spacial score (nSPS) is 12.3. The molecule has 1 rings (SSSR count). The third-order valence-electron chi connectivity index (χ3n) is 2.60. The molecule has 1 unspecified atom stereocenters. The van der Waals surface area contributed by atoms with Crippen LogP contribution in [0.1, 0.15) is 38.7 Å². The number of ether oxygens (including phenoxy) is 2. The highest BCUT2D eigenvalue weighted by Gasteiger charge is 2.18. The Kier molecular flexibility index (Phi) is 5.48. The van der Waals surface area contributed by atoms with E-state index in [1.165, 1.54) is 0 Å². The van der Waals surface area contributed by atoms with Gasteiger partial charge in [-0.05, 0) is 25.8 Å². The second kappa shape index (κ2) is 6.64. The van der Waals surface area contributed by atoms with E-state index in [0.29, 0.717) is 22.9 Å². The first kappa shape index (κ1) is 14.8. The zero-order chi connectivity index (χ0) is 13.7. The Morgan fingerprint density at radius 1 is 1.33 bits per heavy atom. The third kappa shape index (κ3) is 3.64. The van der Waals surface area contributed by atoms with E-state index < -0.39 is 0 Å². The van der Waals surface area contributed by atoms with Crippen LogP contribution in [-0.4, -0.2) is 19.5 Å². The number of methoxy groups -OCH3 is 1. The first-order valence-corrected chi connectivity index (χ1v) is 6.35. The Morgan fingerprint density at radius 3 is 2.50 bits per heavy atom. The lowest BCUT2D eigenvalue weighted by molar-refractivity contribution is -0.108. The Bertz CT molecular complexity index is 416. The number of aldehydes is 1. The van der Waals surface area contributed by atoms with Crippen LogP contribution in [-0.2, 0) is 4.79 Å². The van der Waals surface area contributed by atoms with Crippen molar-refractivity contribution >= 4 is 17.9 Å². The van der Waals surface area contributed by atoms with Crippen molar-refractivity contribution in [3.8, 4) is 11.5 Å². The molecule has 0 aliphatic rings. The summed E-state index contributed by atoms with van der Waals surface area (Å²) in [7, 11) is 1.58. The molecule has 0 spiro atoms. The summed E-state index contributed by atoms with van der Waals surface area (Å²) in [6, 6.07) is 3.55. The van der Waals surface area contributed by atoms with Gasteiger partial charge in [-0.3, -0.25) is 0 Å². The average molecular weight is 271 g/mol. The lowest BCUT2D eigenvalue weighted by Crippen LogP contribution is -2.10. The molecule has 18 heavy (non-hydrogen) atoms. The molecule has 0 saturated heterocycles. The Balaban J connectivity index is 3.26. The van der Waals surface area contributed by atoms with Gasteiger partial charge in [-0.25, -0.2) is 0 Å². The molecular formula is C14H19ClO3. The minimum absolute atomic E-state index is 0.0299. The molecule has 0 fully saturated rings. The van der Waals surface area contributed by atoms with Crippen LogP contribution in [0, 0.1) is 0 Å². The molecule has 0 aliphatic carbocycles. The van der Waals surface area contributed by atoms with Gasteiger partial charge in [0.2, 0.25) is 0 Å². The average Bonchev–Trinajstić information content (AvgIpc) is 2.30. The van der Waals surface area contributed by atoms with Gasteiger partial charge in [0.1, 0.15) is 6.29 Å². The summed E-state index contributed by atoms with van der Waals surface area (Å²) in [5, 5.41) is 0.579. The minimum atomic E-state index is 0.0299. The van der Waals surface area contributed by atoms with E-state index in [1.54, 1.807) is 13.2 Å². The maximum Gasteiger partial charge on any atom is 0.165 e. The van der Waals surface area contributed by atoms with Crippen molar-refractivity contribution < 1.29 is 14.3 Å². The quantitative estimate of drug-likeness (QED) is 0.737. The largest absolute Gasteiger partial charge is 0.493 e. The summed E-state index contributed by atoms with van der Waals surface area (Å²) < 4.78 is 11.1. The smallest absolute Gasteiger partial charge is 0.165 e. The lowest BCUT2D eigenvalue weighted by atomic mass is 9.97. The zero-order valence-electron chi connectivity index (χ0n) is 11.2. The van der Waals surface area contributed by atoms with E-state index >= 15 is 0 Å². The van der Waals surface area contributed by atoms with E-state index in [2.05, 4.69) is 0 Å². The molecule has 3 nitrogen and oxygen atoms in total. The lowest BCUT2D eigenvalue weighted by Gasteiger charge is -2.20. The molecular weight excluding hydrogens is 252 g/mol. The summed E-state index contributed by atoms with van der Waals surface area (Å²) in [5.74, 6) is 1.32. The van der Waals surface area contributed by atoms with Crippen molar-refractivity contribution in [3.63, 3.8) is 0 Å². The molecule has 4 heteroatoms. The highest BCUT2D eigenvalue weighted by atomic mass is 35.5. The Labute approximate surface area is 113 Å². The molecule has 0 amide bonds. The van der Waals surface area contributed by atoms with Gasteiger partial charge >= 0.3 is 0 Å². The number of carbonyl (C=O) groups excluding carboxylic acids is 1. The van der Waals surface area contributed by atoms with Crippen molar-refractivity contribution in [1.82, 2.24) is 0 Å². The molecule has 1 aromatic rings. The topological polar surface area (TPSA) is 35.5 Å². The Morgan fingerprint density at radius 2 is 2.00 bits per heavy atom. The summed E-state index contributed by atoms with van der Waals surface area (Å²) in [6.07, 6.45) is 1.36. The van der Waals surface area contributed by atoms with E-state index in [4.69, 9.17) is 21.1 Å². The number of halogens is 1. The van der Waals surface area contributed by atoms with Crippen LogP contribution in [0.25, 0.3) is 0 Å². The molecule has 100 valence electrons. The van der Waals surface area contributed by atoms with Crippen LogP contribution < -0.4 is 9.47 Å². The SMILES string of the molecule is COc1cc(Cl)cc(C(C)CC=O)c1OC(C)C. The van der Waals surface area contributed by atoms with Crippen LogP contribution in [0.15, 0.2) is 12.1 Å². The van der Waals surface area contributed by atoms with Crippen LogP contribution in [0.4, 0.5) is 0 Å². The van der Waals surface area contributed by atoms with Gasteiger partial charge < -0.3 is 14.3 Å². The van der Waals surface area contributed by atoms with Crippen molar-refractivity contribution in [2.45, 2.75) is 39.2 Å². The number of carbonyl (C=O) groups is 1. The predicted molar refractivity (Wildman–Crippen MR) is 72.9 cm³/mol. The molecule has 0 bridgehead atoms. The highest BCUT2D eigenvalue weighted by molar-refractivity contribution is 6.30. The van der Waals surface area contributed by atoms with Gasteiger partial charge in [0, 0.05) is 23.1 Å². The van der Waals surface area contributed by atoms with Gasteiger partial charge in [0.05, 0.1) is 13.2 Å². The first-order valence-electron chi connectivity index (χ1n) is 5.97. The van der Waals surface area contributed by atoms with Crippen molar-refractivity contribution in [2.75, 3.05) is 7.11 Å². The maximum atomic E-state index is 10.7. The van der Waals surface area contributed by atoms with Crippen LogP contribution in [0.2, 0.25) is 5.02 Å². The van der Waals surface area contributed by atoms with E-state index in [-0.39, 0.29) is 12.0 Å². The highest BCUT2D eigenvalue weighted by Crippen LogP contribution is 2.39. The van der Waals surface area contributed by atoms with Crippen LogP contribution >= 0.6 is 11.6 Å². The fraction of sp³-hybridized carbons (Fsp3) is 0.500.